The van der Waals surface area contributed by atoms with E-state index in [4.69, 9.17) is 14.9 Å². The minimum Gasteiger partial charge on any atom is -0.435 e. The molecule has 0 amide bonds. The van der Waals surface area contributed by atoms with Crippen molar-refractivity contribution in [2.45, 2.75) is 12.5 Å². The fourth-order valence-corrected chi connectivity index (χ4v) is 3.37. The van der Waals surface area contributed by atoms with Crippen molar-refractivity contribution in [2.24, 2.45) is 10.8 Å². The summed E-state index contributed by atoms with van der Waals surface area (Å²) in [6.45, 7) is 0.697. The molecule has 11 heteroatoms. The first-order valence-electron chi connectivity index (χ1n) is 4.85. The van der Waals surface area contributed by atoms with Gasteiger partial charge in [-0.15, -0.1) is 10.2 Å². The summed E-state index contributed by atoms with van der Waals surface area (Å²) in [5, 5.41) is 25.6. The molecule has 0 unspecified atom stereocenters. The standard InChI is InChI=1S/C6H13N6O2Si3/c7-17(8,14-16-13-15)5-1-3-9-6-2-4-10-12-11-6/h2,4H,1,3,5,7-8H2,(H,9,10,11). The molecule has 5 radical (unpaired) electrons. The number of nitrogens with one attached hydrogen (secondary N) is 1. The third-order valence-electron chi connectivity index (χ3n) is 1.83. The van der Waals surface area contributed by atoms with Gasteiger partial charge in [0.2, 0.25) is 10.5 Å². The van der Waals surface area contributed by atoms with Gasteiger partial charge in [-0.3, -0.25) is 0 Å². The number of anilines is 1. The molecule has 1 aromatic rings. The van der Waals surface area contributed by atoms with Gasteiger partial charge < -0.3 is 24.3 Å². The van der Waals surface area contributed by atoms with Crippen LogP contribution >= 0.6 is 0 Å². The summed E-state index contributed by atoms with van der Waals surface area (Å²) in [6, 6.07) is 2.36. The summed E-state index contributed by atoms with van der Waals surface area (Å²) in [4.78, 5) is 0. The van der Waals surface area contributed by atoms with Crippen molar-refractivity contribution in [3.8, 4) is 0 Å². The molecule has 0 spiro atoms. The van der Waals surface area contributed by atoms with E-state index >= 15 is 0 Å². The molecule has 0 aliphatic rings. The van der Waals surface area contributed by atoms with Gasteiger partial charge in [-0.2, -0.15) is 0 Å². The molecule has 5 N–H and O–H groups in total. The van der Waals surface area contributed by atoms with Crippen molar-refractivity contribution in [3.63, 3.8) is 0 Å². The first kappa shape index (κ1) is 14.4. The Hall–Kier alpha value is -0.699. The van der Waals surface area contributed by atoms with Gasteiger partial charge in [-0.1, -0.05) is 0 Å². The van der Waals surface area contributed by atoms with E-state index in [0.717, 1.165) is 6.42 Å². The Morgan fingerprint density at radius 1 is 1.53 bits per heavy atom. The van der Waals surface area contributed by atoms with Gasteiger partial charge in [0, 0.05) is 12.6 Å². The minimum atomic E-state index is -2.59. The molecular weight excluding hydrogens is 272 g/mol. The lowest BCUT2D eigenvalue weighted by Crippen LogP contribution is -2.59. The van der Waals surface area contributed by atoms with Crippen LogP contribution in [0, 0.1) is 0 Å². The normalized spacial score (nSPS) is 11.5. The lowest BCUT2D eigenvalue weighted by molar-refractivity contribution is 0.466. The van der Waals surface area contributed by atoms with E-state index in [-0.39, 0.29) is 10.0 Å². The van der Waals surface area contributed by atoms with Gasteiger partial charge in [0.25, 0.3) is 0 Å². The maximum atomic E-state index is 5.82. The molecule has 0 aromatic carbocycles. The van der Waals surface area contributed by atoms with E-state index < -0.39 is 8.64 Å². The van der Waals surface area contributed by atoms with Crippen molar-refractivity contribution in [1.82, 2.24) is 15.4 Å². The maximum Gasteiger partial charge on any atom is 0.411 e. The molecular formula is C6H13N6O2Si3. The average molecular weight is 285 g/mol. The molecule has 1 heterocycles. The van der Waals surface area contributed by atoms with Gasteiger partial charge in [0.05, 0.1) is 6.20 Å². The van der Waals surface area contributed by atoms with Crippen molar-refractivity contribution >= 4 is 35.0 Å². The third-order valence-corrected chi connectivity index (χ3v) is 5.15. The van der Waals surface area contributed by atoms with Crippen LogP contribution in [0.3, 0.4) is 0 Å². The molecule has 0 saturated carbocycles. The van der Waals surface area contributed by atoms with Crippen LogP contribution in [-0.4, -0.2) is 51.1 Å². The van der Waals surface area contributed by atoms with E-state index in [1.54, 1.807) is 12.3 Å². The molecule has 8 nitrogen and oxygen atoms in total. The van der Waals surface area contributed by atoms with Crippen LogP contribution in [-0.2, 0) is 8.23 Å². The average Bonchev–Trinajstić information content (AvgIpc) is 2.34. The predicted octanol–water partition coefficient (Wildman–Crippen LogP) is -1.82. The quantitative estimate of drug-likeness (QED) is 0.377. The summed E-state index contributed by atoms with van der Waals surface area (Å²) < 4.78 is 9.81. The first-order chi connectivity index (χ1) is 8.14. The minimum absolute atomic E-state index is 0.175. The third kappa shape index (κ3) is 6.57. The van der Waals surface area contributed by atoms with Gasteiger partial charge in [0.15, 0.2) is 5.82 Å². The first-order valence-corrected chi connectivity index (χ1v) is 8.35. The summed E-state index contributed by atoms with van der Waals surface area (Å²) in [5.74, 6) is 0.674. The van der Waals surface area contributed by atoms with E-state index in [0.29, 0.717) is 18.4 Å². The fourth-order valence-electron chi connectivity index (χ4n) is 1.07. The number of hydrogen-bond acceptors (Lipinski definition) is 8. The highest BCUT2D eigenvalue weighted by Gasteiger charge is 2.25. The van der Waals surface area contributed by atoms with E-state index in [9.17, 15) is 0 Å². The number of aromatic nitrogens is 3. The second-order valence-electron chi connectivity index (χ2n) is 3.28. The number of nitrogens with two attached hydrogens (primary N) is 2. The predicted molar refractivity (Wildman–Crippen MR) is 65.5 cm³/mol. The molecule has 0 aliphatic heterocycles. The second-order valence-corrected chi connectivity index (χ2v) is 7.49. The summed E-state index contributed by atoms with van der Waals surface area (Å²) in [7, 11) is 0.0558. The maximum absolute atomic E-state index is 5.82. The van der Waals surface area contributed by atoms with Crippen LogP contribution in [0.5, 0.6) is 0 Å². The summed E-state index contributed by atoms with van der Waals surface area (Å²) in [6.07, 6.45) is 2.35. The molecule has 0 atom stereocenters. The van der Waals surface area contributed by atoms with Gasteiger partial charge in [-0.05, 0) is 17.7 Å². The zero-order valence-electron chi connectivity index (χ0n) is 9.09. The molecule has 17 heavy (non-hydrogen) atoms. The van der Waals surface area contributed by atoms with Gasteiger partial charge in [-0.25, -0.2) is 0 Å². The Balaban J connectivity index is 2.15. The Morgan fingerprint density at radius 3 is 3.00 bits per heavy atom. The van der Waals surface area contributed by atoms with E-state index in [1.165, 1.54) is 0 Å². The second kappa shape index (κ2) is 7.59. The highest BCUT2D eigenvalue weighted by molar-refractivity contribution is 6.71. The number of rotatable bonds is 8. The van der Waals surface area contributed by atoms with Crippen LogP contribution in [0.2, 0.25) is 6.04 Å². The highest BCUT2D eigenvalue weighted by Crippen LogP contribution is 2.03. The fraction of sp³-hybridized carbons (Fsp3) is 0.500. The van der Waals surface area contributed by atoms with Crippen molar-refractivity contribution in [3.05, 3.63) is 12.3 Å². The van der Waals surface area contributed by atoms with Crippen molar-refractivity contribution in [2.75, 3.05) is 11.9 Å². The molecule has 0 fully saturated rings. The van der Waals surface area contributed by atoms with Gasteiger partial charge >= 0.3 is 18.6 Å². The smallest absolute Gasteiger partial charge is 0.411 e. The number of nitrogens with zero attached hydrogens (tertiary/aromatic N) is 3. The van der Waals surface area contributed by atoms with Crippen molar-refractivity contribution in [1.29, 1.82) is 0 Å². The van der Waals surface area contributed by atoms with Crippen LogP contribution in [0.25, 0.3) is 0 Å². The Bertz CT molecular complexity index is 316. The van der Waals surface area contributed by atoms with Crippen LogP contribution in [0.1, 0.15) is 6.42 Å². The zero-order valence-corrected chi connectivity index (χ0v) is 12.1. The Labute approximate surface area is 106 Å². The summed E-state index contributed by atoms with van der Waals surface area (Å²) >= 11 is 0. The largest absolute Gasteiger partial charge is 0.435 e. The zero-order chi connectivity index (χ0) is 12.6. The van der Waals surface area contributed by atoms with Crippen LogP contribution in [0.15, 0.2) is 12.3 Å². The lowest BCUT2D eigenvalue weighted by Gasteiger charge is -2.20. The Morgan fingerprint density at radius 2 is 2.35 bits per heavy atom. The molecule has 0 aliphatic carbocycles. The highest BCUT2D eigenvalue weighted by atomic mass is 28.4. The van der Waals surface area contributed by atoms with Crippen LogP contribution < -0.4 is 16.1 Å². The SMILES string of the molecule is N[Si](N)(CCCNc1ccnnn1)O[Si]O[Si]. The van der Waals surface area contributed by atoms with Crippen LogP contribution in [0.4, 0.5) is 5.82 Å². The lowest BCUT2D eigenvalue weighted by atomic mass is 10.4. The molecule has 0 saturated heterocycles. The Kier molecular flexibility index (Phi) is 6.41. The topological polar surface area (TPSA) is 121 Å². The number of hydrogen-bond donors (Lipinski definition) is 3. The molecule has 1 rings (SSSR count). The van der Waals surface area contributed by atoms with Crippen molar-refractivity contribution < 1.29 is 8.23 Å². The molecule has 0 bridgehead atoms. The van der Waals surface area contributed by atoms with E-state index in [1.807, 2.05) is 0 Å². The monoisotopic (exact) mass is 285 g/mol. The summed E-state index contributed by atoms with van der Waals surface area (Å²) in [5.41, 5.74) is 0. The molecule has 91 valence electrons. The molecule has 1 aromatic heterocycles. The van der Waals surface area contributed by atoms with E-state index in [2.05, 4.69) is 35.3 Å². The van der Waals surface area contributed by atoms with Gasteiger partial charge in [0.1, 0.15) is 0 Å².